The highest BCUT2D eigenvalue weighted by atomic mass is 16.5. The predicted molar refractivity (Wildman–Crippen MR) is 86.5 cm³/mol. The highest BCUT2D eigenvalue weighted by Gasteiger charge is 2.37. The zero-order chi connectivity index (χ0) is 16.1. The van der Waals surface area contributed by atoms with Gasteiger partial charge in [0.1, 0.15) is 5.78 Å². The number of ether oxygens (including phenoxy) is 2. The van der Waals surface area contributed by atoms with E-state index in [0.717, 1.165) is 25.7 Å². The molecule has 0 aromatic heterocycles. The lowest BCUT2D eigenvalue weighted by Gasteiger charge is -2.41. The molecule has 1 saturated carbocycles. The zero-order valence-corrected chi connectivity index (χ0v) is 14.8. The maximum atomic E-state index is 11.6. The van der Waals surface area contributed by atoms with E-state index < -0.39 is 0 Å². The summed E-state index contributed by atoms with van der Waals surface area (Å²) in [5.74, 6) is 0.847. The molecule has 1 fully saturated rings. The van der Waals surface area contributed by atoms with Crippen LogP contribution in [-0.4, -0.2) is 31.2 Å². The second-order valence-corrected chi connectivity index (χ2v) is 7.41. The third-order valence-electron chi connectivity index (χ3n) is 5.69. The van der Waals surface area contributed by atoms with E-state index in [2.05, 4.69) is 13.8 Å². The molecule has 1 unspecified atom stereocenters. The van der Waals surface area contributed by atoms with E-state index in [1.54, 1.807) is 6.92 Å². The molecule has 124 valence electrons. The molecule has 0 saturated heterocycles. The Morgan fingerprint density at radius 3 is 2.14 bits per heavy atom. The number of hydrogen-bond donors (Lipinski definition) is 0. The number of ketones is 1. The van der Waals surface area contributed by atoms with E-state index in [1.165, 1.54) is 12.8 Å². The van der Waals surface area contributed by atoms with Gasteiger partial charge >= 0.3 is 0 Å². The molecule has 0 aromatic rings. The van der Waals surface area contributed by atoms with E-state index in [0.29, 0.717) is 18.6 Å². The first-order valence-electron chi connectivity index (χ1n) is 8.43. The first-order valence-corrected chi connectivity index (χ1v) is 8.43. The average Bonchev–Trinajstić information content (AvgIpc) is 2.46. The van der Waals surface area contributed by atoms with Crippen LogP contribution in [0.4, 0.5) is 0 Å². The summed E-state index contributed by atoms with van der Waals surface area (Å²) >= 11 is 0. The normalized spacial score (nSPS) is 26.4. The third kappa shape index (κ3) is 5.07. The minimum atomic E-state index is -0.275. The second-order valence-electron chi connectivity index (χ2n) is 7.41. The zero-order valence-electron chi connectivity index (χ0n) is 14.8. The molecule has 1 atom stereocenters. The molecule has 0 aliphatic heterocycles. The van der Waals surface area contributed by atoms with Gasteiger partial charge in [0.2, 0.25) is 0 Å². The fourth-order valence-corrected chi connectivity index (χ4v) is 3.13. The molecule has 0 amide bonds. The molecule has 0 spiro atoms. The molecule has 1 aliphatic carbocycles. The van der Waals surface area contributed by atoms with Crippen LogP contribution in [0.5, 0.6) is 0 Å². The lowest BCUT2D eigenvalue weighted by atomic mass is 9.75. The molecular weight excluding hydrogens is 264 g/mol. The highest BCUT2D eigenvalue weighted by Crippen LogP contribution is 2.38. The van der Waals surface area contributed by atoms with Crippen molar-refractivity contribution in [3.8, 4) is 0 Å². The second kappa shape index (κ2) is 7.73. The molecule has 1 aliphatic rings. The van der Waals surface area contributed by atoms with Crippen LogP contribution in [0.25, 0.3) is 0 Å². The molecule has 0 heterocycles. The highest BCUT2D eigenvalue weighted by molar-refractivity contribution is 5.81. The summed E-state index contributed by atoms with van der Waals surface area (Å²) in [6, 6.07) is 0. The van der Waals surface area contributed by atoms with Gasteiger partial charge in [-0.1, -0.05) is 20.8 Å². The molecule has 21 heavy (non-hydrogen) atoms. The first kappa shape index (κ1) is 18.6. The number of carbonyl (C=O) groups is 1. The van der Waals surface area contributed by atoms with E-state index >= 15 is 0 Å². The fourth-order valence-electron chi connectivity index (χ4n) is 3.13. The van der Waals surface area contributed by atoms with Crippen LogP contribution in [0.2, 0.25) is 0 Å². The molecule has 3 heteroatoms. The maximum Gasteiger partial charge on any atom is 0.135 e. The van der Waals surface area contributed by atoms with Gasteiger partial charge in [-0.25, -0.2) is 0 Å². The Morgan fingerprint density at radius 1 is 1.14 bits per heavy atom. The standard InChI is InChI=1S/C18H34O3/c1-7-18(5,15-8-10-16(20-6)11-9-15)21-13-12-17(3,4)14(2)19/h15-16H,7-13H2,1-6H3. The Bertz CT molecular complexity index is 329. The van der Waals surface area contributed by atoms with Crippen LogP contribution in [0, 0.1) is 11.3 Å². The summed E-state index contributed by atoms with van der Waals surface area (Å²) in [6.45, 7) is 10.8. The molecule has 1 rings (SSSR count). The van der Waals surface area contributed by atoms with Crippen molar-refractivity contribution in [2.75, 3.05) is 13.7 Å². The summed E-state index contributed by atoms with van der Waals surface area (Å²) in [5, 5.41) is 0. The smallest absolute Gasteiger partial charge is 0.135 e. The summed E-state index contributed by atoms with van der Waals surface area (Å²) in [4.78, 5) is 11.6. The lowest BCUT2D eigenvalue weighted by molar-refractivity contribution is -0.129. The molecule has 0 N–H and O–H groups in total. The fraction of sp³-hybridized carbons (Fsp3) is 0.944. The molecule has 0 bridgehead atoms. The minimum Gasteiger partial charge on any atom is -0.381 e. The Kier molecular flexibility index (Phi) is 6.86. The van der Waals surface area contributed by atoms with Crippen molar-refractivity contribution in [1.29, 1.82) is 0 Å². The van der Waals surface area contributed by atoms with Crippen molar-refractivity contribution < 1.29 is 14.3 Å². The van der Waals surface area contributed by atoms with E-state index in [1.807, 2.05) is 21.0 Å². The SMILES string of the molecule is CCC(C)(OCCC(C)(C)C(C)=O)C1CCC(OC)CC1. The molecular formula is C18H34O3. The van der Waals surface area contributed by atoms with Crippen molar-refractivity contribution in [2.24, 2.45) is 11.3 Å². The lowest BCUT2D eigenvalue weighted by Crippen LogP contribution is -2.41. The molecule has 3 nitrogen and oxygen atoms in total. The van der Waals surface area contributed by atoms with Gasteiger partial charge < -0.3 is 9.47 Å². The summed E-state index contributed by atoms with van der Waals surface area (Å²) in [6.07, 6.45) is 6.89. The Balaban J connectivity index is 2.51. The van der Waals surface area contributed by atoms with Crippen molar-refractivity contribution in [3.63, 3.8) is 0 Å². The van der Waals surface area contributed by atoms with Gasteiger partial charge in [-0.2, -0.15) is 0 Å². The molecule has 0 radical (unpaired) electrons. The van der Waals surface area contributed by atoms with Crippen LogP contribution < -0.4 is 0 Å². The maximum absolute atomic E-state index is 11.6. The largest absolute Gasteiger partial charge is 0.381 e. The first-order chi connectivity index (χ1) is 9.75. The number of Topliss-reactive ketones (excluding diaryl/α,β-unsaturated/α-hetero) is 1. The van der Waals surface area contributed by atoms with E-state index in [-0.39, 0.29) is 16.8 Å². The van der Waals surface area contributed by atoms with Gasteiger partial charge in [-0.3, -0.25) is 4.79 Å². The van der Waals surface area contributed by atoms with Crippen LogP contribution in [0.1, 0.15) is 73.1 Å². The van der Waals surface area contributed by atoms with Gasteiger partial charge in [-0.05, 0) is 58.3 Å². The van der Waals surface area contributed by atoms with E-state index in [4.69, 9.17) is 9.47 Å². The van der Waals surface area contributed by atoms with Crippen molar-refractivity contribution >= 4 is 5.78 Å². The van der Waals surface area contributed by atoms with Crippen LogP contribution in [0.15, 0.2) is 0 Å². The van der Waals surface area contributed by atoms with Gasteiger partial charge in [0.05, 0.1) is 11.7 Å². The number of hydrogen-bond acceptors (Lipinski definition) is 3. The summed E-state index contributed by atoms with van der Waals surface area (Å²) in [5.41, 5.74) is -0.339. The topological polar surface area (TPSA) is 35.5 Å². The number of methoxy groups -OCH3 is 1. The predicted octanol–water partition coefficient (Wildman–Crippen LogP) is 4.38. The average molecular weight is 298 g/mol. The van der Waals surface area contributed by atoms with Crippen molar-refractivity contribution in [3.05, 3.63) is 0 Å². The monoisotopic (exact) mass is 298 g/mol. The Morgan fingerprint density at radius 2 is 1.71 bits per heavy atom. The molecule has 0 aromatic carbocycles. The van der Waals surface area contributed by atoms with Crippen molar-refractivity contribution in [1.82, 2.24) is 0 Å². The van der Waals surface area contributed by atoms with Crippen LogP contribution >= 0.6 is 0 Å². The Hall–Kier alpha value is -0.410. The van der Waals surface area contributed by atoms with Gasteiger partial charge in [-0.15, -0.1) is 0 Å². The quantitative estimate of drug-likeness (QED) is 0.667. The van der Waals surface area contributed by atoms with Gasteiger partial charge in [0.15, 0.2) is 0 Å². The number of carbonyl (C=O) groups excluding carboxylic acids is 1. The Labute approximate surface area is 130 Å². The van der Waals surface area contributed by atoms with Gasteiger partial charge in [0.25, 0.3) is 0 Å². The van der Waals surface area contributed by atoms with Gasteiger partial charge in [0, 0.05) is 19.1 Å². The van der Waals surface area contributed by atoms with Crippen LogP contribution in [0.3, 0.4) is 0 Å². The summed E-state index contributed by atoms with van der Waals surface area (Å²) in [7, 11) is 1.81. The minimum absolute atomic E-state index is 0.0639. The van der Waals surface area contributed by atoms with E-state index in [9.17, 15) is 4.79 Å². The third-order valence-corrected chi connectivity index (χ3v) is 5.69. The number of rotatable bonds is 8. The van der Waals surface area contributed by atoms with Crippen LogP contribution in [-0.2, 0) is 14.3 Å². The van der Waals surface area contributed by atoms with Crippen molar-refractivity contribution in [2.45, 2.75) is 84.8 Å². The summed E-state index contributed by atoms with van der Waals surface area (Å²) < 4.78 is 11.7.